The van der Waals surface area contributed by atoms with Crippen LogP contribution in [-0.4, -0.2) is 24.0 Å². The maximum absolute atomic E-state index is 13.0. The molecule has 0 atom stereocenters. The normalized spacial score (nSPS) is 19.3. The third kappa shape index (κ3) is 2.73. The zero-order valence-corrected chi connectivity index (χ0v) is 10.5. The van der Waals surface area contributed by atoms with Gasteiger partial charge in [-0.2, -0.15) is 13.2 Å². The zero-order chi connectivity index (χ0) is 13.6. The highest BCUT2D eigenvalue weighted by molar-refractivity contribution is 9.10. The average molecular weight is 331 g/mol. The third-order valence-corrected chi connectivity index (χ3v) is 3.04. The van der Waals surface area contributed by atoms with E-state index in [4.69, 9.17) is 0 Å². The fourth-order valence-corrected chi connectivity index (χ4v) is 2.14. The number of hydrogen-bond acceptors (Lipinski definition) is 2. The quantitative estimate of drug-likeness (QED) is 0.730. The Balaban J connectivity index is 2.40. The smallest absolute Gasteiger partial charge is 0.350 e. The van der Waals surface area contributed by atoms with Crippen molar-refractivity contribution in [3.63, 3.8) is 0 Å². The molecule has 0 unspecified atom stereocenters. The molecule has 1 aliphatic rings. The van der Waals surface area contributed by atoms with E-state index in [0.29, 0.717) is 0 Å². The average Bonchev–Trinajstić information content (AvgIpc) is 2.57. The summed E-state index contributed by atoms with van der Waals surface area (Å²) in [6.07, 6.45) is -3.91. The molecule has 1 aliphatic heterocycles. The molecule has 0 bridgehead atoms. The highest BCUT2D eigenvalue weighted by Gasteiger charge is 2.43. The first-order valence-electron chi connectivity index (χ1n) is 5.04. The Morgan fingerprint density at radius 2 is 2.00 bits per heavy atom. The molecule has 1 fully saturated rings. The second kappa shape index (κ2) is 4.32. The molecule has 2 rings (SSSR count). The molecule has 0 aliphatic carbocycles. The lowest BCUT2D eigenvalue weighted by atomic mass is 10.2. The molecule has 1 aromatic rings. The van der Waals surface area contributed by atoms with E-state index in [-0.39, 0.29) is 11.0 Å². The van der Waals surface area contributed by atoms with Crippen LogP contribution < -0.4 is 4.90 Å². The molecule has 1 saturated heterocycles. The molecule has 1 aromatic heterocycles. The van der Waals surface area contributed by atoms with Crippen molar-refractivity contribution in [2.45, 2.75) is 18.5 Å². The second-order valence-electron chi connectivity index (χ2n) is 4.05. The lowest BCUT2D eigenvalue weighted by Crippen LogP contribution is -2.28. The number of halogens is 6. The van der Waals surface area contributed by atoms with Crippen molar-refractivity contribution in [2.24, 2.45) is 0 Å². The van der Waals surface area contributed by atoms with Crippen molar-refractivity contribution >= 4 is 21.7 Å². The monoisotopic (exact) mass is 330 g/mol. The van der Waals surface area contributed by atoms with Crippen LogP contribution in [0.3, 0.4) is 0 Å². The van der Waals surface area contributed by atoms with Gasteiger partial charge in [-0.25, -0.2) is 13.8 Å². The standard InChI is InChI=1S/C10H8BrF5N2/c11-6-3-7(10(14,15)16)8(17-4-6)18-2-1-9(12,13)5-18/h3-4H,1-2,5H2. The highest BCUT2D eigenvalue weighted by atomic mass is 79.9. The van der Waals surface area contributed by atoms with Gasteiger partial charge in [-0.3, -0.25) is 0 Å². The zero-order valence-electron chi connectivity index (χ0n) is 8.94. The molecule has 0 radical (unpaired) electrons. The van der Waals surface area contributed by atoms with E-state index in [1.54, 1.807) is 0 Å². The first-order valence-corrected chi connectivity index (χ1v) is 5.84. The molecule has 0 amide bonds. The van der Waals surface area contributed by atoms with E-state index in [1.165, 1.54) is 6.20 Å². The summed E-state index contributed by atoms with van der Waals surface area (Å²) in [5.41, 5.74) is -1.01. The molecule has 0 N–H and O–H groups in total. The van der Waals surface area contributed by atoms with Crippen molar-refractivity contribution in [2.75, 3.05) is 18.0 Å². The number of alkyl halides is 5. The molecule has 2 heterocycles. The largest absolute Gasteiger partial charge is 0.419 e. The van der Waals surface area contributed by atoms with Gasteiger partial charge in [0.1, 0.15) is 5.82 Å². The minimum atomic E-state index is -4.62. The van der Waals surface area contributed by atoms with E-state index in [0.717, 1.165) is 11.0 Å². The Hall–Kier alpha value is -0.920. The topological polar surface area (TPSA) is 16.1 Å². The summed E-state index contributed by atoms with van der Waals surface area (Å²) < 4.78 is 64.6. The first-order chi connectivity index (χ1) is 8.19. The minimum absolute atomic E-state index is 0.134. The van der Waals surface area contributed by atoms with Gasteiger partial charge < -0.3 is 4.90 Å². The van der Waals surface area contributed by atoms with Crippen LogP contribution in [-0.2, 0) is 6.18 Å². The van der Waals surface area contributed by atoms with Crippen LogP contribution >= 0.6 is 15.9 Å². The molecule has 100 valence electrons. The van der Waals surface area contributed by atoms with Gasteiger partial charge in [0.25, 0.3) is 5.92 Å². The number of pyridine rings is 1. The lowest BCUT2D eigenvalue weighted by molar-refractivity contribution is -0.137. The number of nitrogens with zero attached hydrogens (tertiary/aromatic N) is 2. The van der Waals surface area contributed by atoms with Crippen LogP contribution in [0, 0.1) is 0 Å². The highest BCUT2D eigenvalue weighted by Crippen LogP contribution is 2.39. The molecular weight excluding hydrogens is 323 g/mol. The van der Waals surface area contributed by atoms with E-state index in [2.05, 4.69) is 20.9 Å². The maximum Gasteiger partial charge on any atom is 0.419 e. The summed E-state index contributed by atoms with van der Waals surface area (Å²) in [6, 6.07) is 0.846. The van der Waals surface area contributed by atoms with Gasteiger partial charge in [-0.05, 0) is 22.0 Å². The van der Waals surface area contributed by atoms with Crippen molar-refractivity contribution in [3.05, 3.63) is 22.3 Å². The summed E-state index contributed by atoms with van der Waals surface area (Å²) in [5.74, 6) is -3.40. The Bertz CT molecular complexity index is 460. The van der Waals surface area contributed by atoms with Gasteiger partial charge in [-0.15, -0.1) is 0 Å². The number of rotatable bonds is 1. The first kappa shape index (κ1) is 13.5. The summed E-state index contributed by atoms with van der Waals surface area (Å²) in [7, 11) is 0. The Kier molecular flexibility index (Phi) is 3.25. The van der Waals surface area contributed by atoms with Crippen LogP contribution in [0.5, 0.6) is 0 Å². The van der Waals surface area contributed by atoms with Crippen LogP contribution in [0.15, 0.2) is 16.7 Å². The van der Waals surface area contributed by atoms with Gasteiger partial charge in [-0.1, -0.05) is 0 Å². The van der Waals surface area contributed by atoms with Crippen molar-refractivity contribution in [3.8, 4) is 0 Å². The van der Waals surface area contributed by atoms with Gasteiger partial charge in [0, 0.05) is 23.6 Å². The maximum atomic E-state index is 13.0. The lowest BCUT2D eigenvalue weighted by Gasteiger charge is -2.21. The van der Waals surface area contributed by atoms with Crippen molar-refractivity contribution in [1.29, 1.82) is 0 Å². The van der Waals surface area contributed by atoms with E-state index in [1.807, 2.05) is 0 Å². The number of hydrogen-bond donors (Lipinski definition) is 0. The number of aromatic nitrogens is 1. The van der Waals surface area contributed by atoms with Crippen molar-refractivity contribution in [1.82, 2.24) is 4.98 Å². The number of anilines is 1. The van der Waals surface area contributed by atoms with E-state index < -0.39 is 36.4 Å². The van der Waals surface area contributed by atoms with Gasteiger partial charge >= 0.3 is 6.18 Å². The minimum Gasteiger partial charge on any atom is -0.350 e. The Morgan fingerprint density at radius 3 is 2.50 bits per heavy atom. The summed E-state index contributed by atoms with van der Waals surface area (Å²) in [6.45, 7) is -0.866. The fraction of sp³-hybridized carbons (Fsp3) is 0.500. The molecule has 18 heavy (non-hydrogen) atoms. The summed E-state index contributed by atoms with van der Waals surface area (Å²) in [5, 5.41) is 0. The van der Waals surface area contributed by atoms with Gasteiger partial charge in [0.15, 0.2) is 0 Å². The predicted molar refractivity (Wildman–Crippen MR) is 58.7 cm³/mol. The Labute approximate surface area is 108 Å². The van der Waals surface area contributed by atoms with Gasteiger partial charge in [0.2, 0.25) is 0 Å². The Morgan fingerprint density at radius 1 is 1.33 bits per heavy atom. The SMILES string of the molecule is FC1(F)CCN(c2ncc(Br)cc2C(F)(F)F)C1. The van der Waals surface area contributed by atoms with E-state index >= 15 is 0 Å². The summed E-state index contributed by atoms with van der Waals surface area (Å²) >= 11 is 2.89. The summed E-state index contributed by atoms with van der Waals surface area (Å²) in [4.78, 5) is 4.59. The van der Waals surface area contributed by atoms with Crippen LogP contribution in [0.2, 0.25) is 0 Å². The van der Waals surface area contributed by atoms with Crippen LogP contribution in [0.25, 0.3) is 0 Å². The second-order valence-corrected chi connectivity index (χ2v) is 4.97. The fourth-order valence-electron chi connectivity index (χ4n) is 1.81. The van der Waals surface area contributed by atoms with Crippen LogP contribution in [0.4, 0.5) is 27.8 Å². The molecule has 2 nitrogen and oxygen atoms in total. The third-order valence-electron chi connectivity index (χ3n) is 2.61. The molecule has 0 aromatic carbocycles. The van der Waals surface area contributed by atoms with E-state index in [9.17, 15) is 22.0 Å². The van der Waals surface area contributed by atoms with Crippen LogP contribution in [0.1, 0.15) is 12.0 Å². The molecular formula is C10H8BrF5N2. The molecule has 0 saturated carbocycles. The van der Waals surface area contributed by atoms with Gasteiger partial charge in [0.05, 0.1) is 12.1 Å². The predicted octanol–water partition coefficient (Wildman–Crippen LogP) is 3.71. The molecule has 0 spiro atoms. The molecule has 8 heteroatoms. The van der Waals surface area contributed by atoms with Crippen molar-refractivity contribution < 1.29 is 22.0 Å².